The highest BCUT2D eigenvalue weighted by molar-refractivity contribution is 6.06. The molecule has 0 spiro atoms. The topological polar surface area (TPSA) is 75.7 Å². The van der Waals surface area contributed by atoms with E-state index in [1.54, 1.807) is 0 Å². The van der Waals surface area contributed by atoms with E-state index in [1.165, 1.54) is 12.1 Å². The molecule has 0 saturated carbocycles. The number of esters is 1. The summed E-state index contributed by atoms with van der Waals surface area (Å²) in [5.74, 6) is -15.1. The van der Waals surface area contributed by atoms with Crippen LogP contribution in [0.2, 0.25) is 0 Å². The molecule has 1 aliphatic heterocycles. The molecule has 0 atom stereocenters. The molecule has 6 nitrogen and oxygen atoms in total. The number of nitrogens with one attached hydrogen (secondary N) is 1. The Hall–Kier alpha value is -3.50. The lowest BCUT2D eigenvalue weighted by Crippen LogP contribution is -2.49. The van der Waals surface area contributed by atoms with Crippen LogP contribution in [0.25, 0.3) is 0 Å². The maximum absolute atomic E-state index is 13.6. The van der Waals surface area contributed by atoms with Gasteiger partial charge < -0.3 is 4.74 Å². The Balaban J connectivity index is 1.89. The van der Waals surface area contributed by atoms with Crippen LogP contribution in [0.1, 0.15) is 16.8 Å². The van der Waals surface area contributed by atoms with E-state index in [-0.39, 0.29) is 24.2 Å². The molecular weight excluding hydrogens is 391 g/mol. The van der Waals surface area contributed by atoms with Gasteiger partial charge in [0.15, 0.2) is 0 Å². The largest absolute Gasteiger partial charge is 0.416 e. The van der Waals surface area contributed by atoms with Crippen LogP contribution in [0.3, 0.4) is 0 Å². The zero-order valence-electron chi connectivity index (χ0n) is 13.7. The number of halogens is 5. The van der Waals surface area contributed by atoms with Crippen molar-refractivity contribution in [2.24, 2.45) is 0 Å². The zero-order valence-corrected chi connectivity index (χ0v) is 13.7. The Morgan fingerprint density at radius 3 is 2.18 bits per heavy atom. The number of carbonyl (C=O) groups is 3. The summed E-state index contributed by atoms with van der Waals surface area (Å²) < 4.78 is 71.1. The third-order valence-electron chi connectivity index (χ3n) is 3.81. The van der Waals surface area contributed by atoms with Crippen molar-refractivity contribution >= 4 is 23.6 Å². The first-order valence-corrected chi connectivity index (χ1v) is 7.65. The van der Waals surface area contributed by atoms with Gasteiger partial charge in [0, 0.05) is 18.7 Å². The van der Waals surface area contributed by atoms with Crippen LogP contribution in [0.5, 0.6) is 5.75 Å². The number of benzene rings is 2. The van der Waals surface area contributed by atoms with Gasteiger partial charge in [-0.1, -0.05) is 6.07 Å². The number of hydrogen-bond donors (Lipinski definition) is 1. The quantitative estimate of drug-likeness (QED) is 0.283. The highest BCUT2D eigenvalue weighted by atomic mass is 19.2. The van der Waals surface area contributed by atoms with Crippen molar-refractivity contribution in [2.45, 2.75) is 6.42 Å². The van der Waals surface area contributed by atoms with Crippen LogP contribution in [0, 0.1) is 29.1 Å². The summed E-state index contributed by atoms with van der Waals surface area (Å²) >= 11 is 0. The Morgan fingerprint density at radius 2 is 1.57 bits per heavy atom. The van der Waals surface area contributed by atoms with Gasteiger partial charge >= 0.3 is 12.0 Å². The normalized spacial score (nSPS) is 14.1. The first kappa shape index (κ1) is 19.3. The monoisotopic (exact) mass is 400 g/mol. The van der Waals surface area contributed by atoms with Gasteiger partial charge in [0.1, 0.15) is 0 Å². The summed E-state index contributed by atoms with van der Waals surface area (Å²) in [6.45, 7) is 0.0147. The molecular formula is C17H9F5N2O4. The molecule has 3 amide bonds. The molecule has 28 heavy (non-hydrogen) atoms. The van der Waals surface area contributed by atoms with Gasteiger partial charge in [-0.25, -0.2) is 22.8 Å². The molecule has 0 bridgehead atoms. The number of imide groups is 1. The minimum absolute atomic E-state index is 0.00493. The maximum atomic E-state index is 13.6. The maximum Gasteiger partial charge on any atom is 0.343 e. The van der Waals surface area contributed by atoms with Crippen molar-refractivity contribution in [2.75, 3.05) is 11.4 Å². The van der Waals surface area contributed by atoms with Crippen LogP contribution in [-0.2, 0) is 4.79 Å². The first-order valence-electron chi connectivity index (χ1n) is 7.65. The Bertz CT molecular complexity index is 982. The second kappa shape index (κ2) is 7.25. The lowest BCUT2D eigenvalue weighted by molar-refractivity contribution is -0.120. The minimum Gasteiger partial charge on any atom is -0.416 e. The number of amides is 3. The van der Waals surface area contributed by atoms with Crippen molar-refractivity contribution in [3.05, 3.63) is 58.9 Å². The number of nitrogens with zero attached hydrogens (tertiary/aromatic N) is 1. The second-order valence-corrected chi connectivity index (χ2v) is 5.59. The summed E-state index contributed by atoms with van der Waals surface area (Å²) in [7, 11) is 0. The number of ether oxygens (including phenoxy) is 1. The molecule has 1 fully saturated rings. The van der Waals surface area contributed by atoms with Crippen LogP contribution in [0.4, 0.5) is 32.4 Å². The number of anilines is 1. The molecule has 1 aliphatic rings. The predicted molar refractivity (Wildman–Crippen MR) is 83.1 cm³/mol. The third-order valence-corrected chi connectivity index (χ3v) is 3.81. The van der Waals surface area contributed by atoms with Gasteiger partial charge in [-0.05, 0) is 18.2 Å². The van der Waals surface area contributed by atoms with E-state index in [0.717, 1.165) is 17.0 Å². The molecule has 0 unspecified atom stereocenters. The van der Waals surface area contributed by atoms with Crippen LogP contribution in [-0.4, -0.2) is 24.5 Å². The van der Waals surface area contributed by atoms with Crippen LogP contribution in [0.15, 0.2) is 24.3 Å². The molecule has 1 N–H and O–H groups in total. The van der Waals surface area contributed by atoms with Gasteiger partial charge in [-0.2, -0.15) is 8.78 Å². The number of carbonyl (C=O) groups excluding carboxylic acids is 3. The van der Waals surface area contributed by atoms with Gasteiger partial charge in [-0.15, -0.1) is 0 Å². The summed E-state index contributed by atoms with van der Waals surface area (Å²) in [5.41, 5.74) is -0.178. The summed E-state index contributed by atoms with van der Waals surface area (Å²) in [4.78, 5) is 36.3. The van der Waals surface area contributed by atoms with Crippen molar-refractivity contribution in [1.29, 1.82) is 0 Å². The lowest BCUT2D eigenvalue weighted by atomic mass is 10.1. The Kier molecular flexibility index (Phi) is 4.99. The van der Waals surface area contributed by atoms with Crippen molar-refractivity contribution in [1.82, 2.24) is 5.32 Å². The Labute approximate surface area is 153 Å². The molecule has 11 heteroatoms. The molecule has 3 rings (SSSR count). The van der Waals surface area contributed by atoms with E-state index in [2.05, 4.69) is 10.1 Å². The zero-order chi connectivity index (χ0) is 20.6. The van der Waals surface area contributed by atoms with E-state index >= 15 is 0 Å². The van der Waals surface area contributed by atoms with E-state index < -0.39 is 52.7 Å². The van der Waals surface area contributed by atoms with Gasteiger partial charge in [0.25, 0.3) is 0 Å². The van der Waals surface area contributed by atoms with E-state index in [0.29, 0.717) is 0 Å². The average molecular weight is 400 g/mol. The van der Waals surface area contributed by atoms with Gasteiger partial charge in [-0.3, -0.25) is 15.0 Å². The predicted octanol–water partition coefficient (Wildman–Crippen LogP) is 3.05. The molecule has 2 aromatic carbocycles. The first-order chi connectivity index (χ1) is 13.2. The fraction of sp³-hybridized carbons (Fsp3) is 0.118. The molecule has 0 radical (unpaired) electrons. The fourth-order valence-corrected chi connectivity index (χ4v) is 2.44. The van der Waals surface area contributed by atoms with E-state index in [1.807, 2.05) is 0 Å². The average Bonchev–Trinajstić information content (AvgIpc) is 2.68. The second-order valence-electron chi connectivity index (χ2n) is 5.59. The number of rotatable bonds is 3. The standard InChI is InChI=1S/C17H9F5N2O4/c18-10-11(19)13(21)15(14(22)12(10)20)28-16(26)7-2-1-3-8(6-7)24-5-4-9(25)23-17(24)27/h1-3,6H,4-5H2,(H,23,25,27). The summed E-state index contributed by atoms with van der Waals surface area (Å²) in [6.07, 6.45) is 0.00493. The highest BCUT2D eigenvalue weighted by Gasteiger charge is 2.29. The van der Waals surface area contributed by atoms with Crippen LogP contribution < -0.4 is 15.0 Å². The molecule has 1 heterocycles. The smallest absolute Gasteiger partial charge is 0.343 e. The Morgan fingerprint density at radius 1 is 0.964 bits per heavy atom. The lowest BCUT2D eigenvalue weighted by Gasteiger charge is -2.26. The molecule has 0 aromatic heterocycles. The van der Waals surface area contributed by atoms with Gasteiger partial charge in [0.2, 0.25) is 40.7 Å². The molecule has 146 valence electrons. The minimum atomic E-state index is -2.39. The van der Waals surface area contributed by atoms with Gasteiger partial charge in [0.05, 0.1) is 5.56 Å². The van der Waals surface area contributed by atoms with Crippen LogP contribution >= 0.6 is 0 Å². The highest BCUT2D eigenvalue weighted by Crippen LogP contribution is 2.30. The fourth-order valence-electron chi connectivity index (χ4n) is 2.44. The molecule has 1 saturated heterocycles. The van der Waals surface area contributed by atoms with Crippen molar-refractivity contribution in [3.8, 4) is 5.75 Å². The SMILES string of the molecule is O=C1CCN(c2cccc(C(=O)Oc3c(F)c(F)c(F)c(F)c3F)c2)C(=O)N1. The summed E-state index contributed by atoms with van der Waals surface area (Å²) in [6, 6.07) is 4.20. The van der Waals surface area contributed by atoms with E-state index in [9.17, 15) is 36.3 Å². The van der Waals surface area contributed by atoms with E-state index in [4.69, 9.17) is 0 Å². The molecule has 2 aromatic rings. The van der Waals surface area contributed by atoms with Crippen molar-refractivity contribution < 1.29 is 41.1 Å². The number of urea groups is 1. The van der Waals surface area contributed by atoms with Crippen molar-refractivity contribution in [3.63, 3.8) is 0 Å². The summed E-state index contributed by atoms with van der Waals surface area (Å²) in [5, 5.41) is 2.06. The third kappa shape index (κ3) is 3.38. The number of hydrogen-bond acceptors (Lipinski definition) is 4. The molecule has 0 aliphatic carbocycles.